The van der Waals surface area contributed by atoms with E-state index in [4.69, 9.17) is 0 Å². The lowest BCUT2D eigenvalue weighted by Crippen LogP contribution is -2.32. The summed E-state index contributed by atoms with van der Waals surface area (Å²) in [5, 5.41) is 8.71. The first-order valence-corrected chi connectivity index (χ1v) is 8.41. The molecule has 2 amide bonds. The number of hydrogen-bond acceptors (Lipinski definition) is 4. The highest BCUT2D eigenvalue weighted by atomic mass is 16.3. The van der Waals surface area contributed by atoms with Crippen molar-refractivity contribution < 1.29 is 4.79 Å². The second-order valence-electron chi connectivity index (χ2n) is 6.09. The molecule has 0 unspecified atom stereocenters. The molecule has 0 aromatic heterocycles. The van der Waals surface area contributed by atoms with Crippen molar-refractivity contribution >= 4 is 17.4 Å². The number of urea groups is 1. The first-order chi connectivity index (χ1) is 11.8. The average Bonchev–Trinajstić information content (AvgIpc) is 2.63. The number of anilines is 2. The maximum atomic E-state index is 12.3. The first-order valence-electron chi connectivity index (χ1n) is 8.41. The molecule has 0 bridgehead atoms. The molecular formula is C18H22N4O2. The van der Waals surface area contributed by atoms with E-state index in [-0.39, 0.29) is 6.03 Å². The fourth-order valence-corrected chi connectivity index (χ4v) is 3.10. The van der Waals surface area contributed by atoms with Gasteiger partial charge in [-0.25, -0.2) is 4.79 Å². The van der Waals surface area contributed by atoms with Crippen LogP contribution in [0.25, 0.3) is 0 Å². The normalized spacial score (nSPS) is 17.6. The Bertz CT molecular complexity index is 675. The van der Waals surface area contributed by atoms with Gasteiger partial charge in [0.05, 0.1) is 17.1 Å². The van der Waals surface area contributed by atoms with E-state index in [0.29, 0.717) is 18.5 Å². The van der Waals surface area contributed by atoms with Crippen LogP contribution in [0.15, 0.2) is 53.0 Å². The zero-order valence-electron chi connectivity index (χ0n) is 13.6. The summed E-state index contributed by atoms with van der Waals surface area (Å²) in [6.45, 7) is 2.05. The number of allylic oxidation sites excluding steroid dienone is 4. The van der Waals surface area contributed by atoms with Crippen molar-refractivity contribution in [3.63, 3.8) is 0 Å². The molecule has 1 fully saturated rings. The summed E-state index contributed by atoms with van der Waals surface area (Å²) in [5.74, 6) is 0. The Labute approximate surface area is 141 Å². The Morgan fingerprint density at radius 3 is 2.50 bits per heavy atom. The van der Waals surface area contributed by atoms with Gasteiger partial charge in [-0.1, -0.05) is 12.1 Å². The second kappa shape index (κ2) is 7.77. The summed E-state index contributed by atoms with van der Waals surface area (Å²) >= 11 is 0. The molecule has 1 aromatic rings. The number of rotatable bonds is 4. The Hall–Kier alpha value is -2.63. The van der Waals surface area contributed by atoms with Gasteiger partial charge >= 0.3 is 6.03 Å². The minimum absolute atomic E-state index is 0.262. The topological polar surface area (TPSA) is 73.8 Å². The van der Waals surface area contributed by atoms with Gasteiger partial charge in [0.25, 0.3) is 0 Å². The second-order valence-corrected chi connectivity index (χ2v) is 6.09. The summed E-state index contributed by atoms with van der Waals surface area (Å²) < 4.78 is 0. The standard InChI is InChI=1S/C18H22N4O2/c23-18(19-14-8-10-15(21-24)11-9-14)20-16-6-2-3-7-17(16)22-12-4-1-5-13-22/h2-3,6-8,10H,1,4-5,9,11-13H2,(H2,19,20,23). The fraction of sp³-hybridized carbons (Fsp3) is 0.389. The molecule has 1 saturated heterocycles. The minimum Gasteiger partial charge on any atom is -0.370 e. The SMILES string of the molecule is O=NC1=CC=C(NC(=O)Nc2ccccc2N2CCCCC2)CC1. The molecule has 0 saturated carbocycles. The molecule has 0 atom stereocenters. The van der Waals surface area contributed by atoms with E-state index in [1.54, 1.807) is 12.2 Å². The van der Waals surface area contributed by atoms with Gasteiger partial charge in [-0.2, -0.15) is 0 Å². The number of nitrogens with one attached hydrogen (secondary N) is 2. The third-order valence-electron chi connectivity index (χ3n) is 4.37. The maximum Gasteiger partial charge on any atom is 0.323 e. The lowest BCUT2D eigenvalue weighted by Gasteiger charge is -2.30. The highest BCUT2D eigenvalue weighted by molar-refractivity contribution is 5.94. The summed E-state index contributed by atoms with van der Waals surface area (Å²) in [4.78, 5) is 25.1. The number of benzene rings is 1. The first kappa shape index (κ1) is 16.2. The van der Waals surface area contributed by atoms with E-state index in [0.717, 1.165) is 30.2 Å². The van der Waals surface area contributed by atoms with Gasteiger partial charge < -0.3 is 15.5 Å². The molecule has 1 aromatic carbocycles. The van der Waals surface area contributed by atoms with Gasteiger partial charge in [0, 0.05) is 18.8 Å². The zero-order valence-corrected chi connectivity index (χ0v) is 13.6. The monoisotopic (exact) mass is 326 g/mol. The minimum atomic E-state index is -0.262. The fourth-order valence-electron chi connectivity index (χ4n) is 3.10. The molecule has 0 radical (unpaired) electrons. The third-order valence-corrected chi connectivity index (χ3v) is 4.37. The number of nitrogens with zero attached hydrogens (tertiary/aromatic N) is 2. The molecule has 6 nitrogen and oxygen atoms in total. The molecule has 0 spiro atoms. The summed E-state index contributed by atoms with van der Waals surface area (Å²) in [5.41, 5.74) is 3.18. The largest absolute Gasteiger partial charge is 0.370 e. The van der Waals surface area contributed by atoms with Gasteiger partial charge in [-0.05, 0) is 61.6 Å². The number of carbonyl (C=O) groups is 1. The zero-order chi connectivity index (χ0) is 16.8. The Morgan fingerprint density at radius 2 is 1.79 bits per heavy atom. The predicted molar refractivity (Wildman–Crippen MR) is 95.9 cm³/mol. The Morgan fingerprint density at radius 1 is 1.00 bits per heavy atom. The quantitative estimate of drug-likeness (QED) is 0.817. The molecule has 2 aliphatic rings. The van der Waals surface area contributed by atoms with Crippen molar-refractivity contribution in [1.82, 2.24) is 5.32 Å². The molecule has 24 heavy (non-hydrogen) atoms. The van der Waals surface area contributed by atoms with E-state index >= 15 is 0 Å². The van der Waals surface area contributed by atoms with Crippen LogP contribution < -0.4 is 15.5 Å². The average molecular weight is 326 g/mol. The molecule has 6 heteroatoms. The van der Waals surface area contributed by atoms with E-state index < -0.39 is 0 Å². The molecule has 3 rings (SSSR count). The smallest absolute Gasteiger partial charge is 0.323 e. The molecule has 1 heterocycles. The number of amides is 2. The summed E-state index contributed by atoms with van der Waals surface area (Å²) in [7, 11) is 0. The van der Waals surface area contributed by atoms with Crippen molar-refractivity contribution in [1.29, 1.82) is 0 Å². The molecule has 1 aliphatic carbocycles. The number of nitroso groups, excluding NO2 is 1. The summed E-state index contributed by atoms with van der Waals surface area (Å²) in [6.07, 6.45) is 8.19. The van der Waals surface area contributed by atoms with Crippen LogP contribution in [0.4, 0.5) is 16.2 Å². The number of carbonyl (C=O) groups excluding carboxylic acids is 1. The van der Waals surface area contributed by atoms with Gasteiger partial charge in [0.15, 0.2) is 0 Å². The number of piperidine rings is 1. The molecular weight excluding hydrogens is 304 g/mol. The van der Waals surface area contributed by atoms with Crippen LogP contribution in [-0.2, 0) is 0 Å². The van der Waals surface area contributed by atoms with Crippen LogP contribution in [0.5, 0.6) is 0 Å². The highest BCUT2D eigenvalue weighted by Gasteiger charge is 2.16. The molecule has 2 N–H and O–H groups in total. The van der Waals surface area contributed by atoms with Crippen molar-refractivity contribution in [2.24, 2.45) is 5.18 Å². The van der Waals surface area contributed by atoms with Crippen molar-refractivity contribution in [2.45, 2.75) is 32.1 Å². The van der Waals surface area contributed by atoms with Gasteiger partial charge in [-0.3, -0.25) is 0 Å². The van der Waals surface area contributed by atoms with E-state index in [1.807, 2.05) is 24.3 Å². The van der Waals surface area contributed by atoms with Gasteiger partial charge in [0.2, 0.25) is 0 Å². The lowest BCUT2D eigenvalue weighted by atomic mass is 10.1. The van der Waals surface area contributed by atoms with E-state index in [1.165, 1.54) is 19.3 Å². The van der Waals surface area contributed by atoms with Crippen LogP contribution in [-0.4, -0.2) is 19.1 Å². The Balaban J connectivity index is 1.65. The summed E-state index contributed by atoms with van der Waals surface area (Å²) in [6, 6.07) is 7.63. The Kier molecular flexibility index (Phi) is 5.25. The number of para-hydroxylation sites is 2. The van der Waals surface area contributed by atoms with Crippen LogP contribution >= 0.6 is 0 Å². The van der Waals surface area contributed by atoms with Gasteiger partial charge in [-0.15, -0.1) is 4.91 Å². The number of hydrogen-bond donors (Lipinski definition) is 2. The van der Waals surface area contributed by atoms with Crippen LogP contribution in [0.1, 0.15) is 32.1 Å². The predicted octanol–water partition coefficient (Wildman–Crippen LogP) is 4.13. The lowest BCUT2D eigenvalue weighted by molar-refractivity contribution is 0.254. The van der Waals surface area contributed by atoms with E-state index in [2.05, 4.69) is 20.7 Å². The van der Waals surface area contributed by atoms with E-state index in [9.17, 15) is 9.70 Å². The van der Waals surface area contributed by atoms with Crippen molar-refractivity contribution in [2.75, 3.05) is 23.3 Å². The van der Waals surface area contributed by atoms with Crippen LogP contribution in [0, 0.1) is 4.91 Å². The van der Waals surface area contributed by atoms with Crippen LogP contribution in [0.2, 0.25) is 0 Å². The van der Waals surface area contributed by atoms with Gasteiger partial charge in [0.1, 0.15) is 0 Å². The van der Waals surface area contributed by atoms with Crippen LogP contribution in [0.3, 0.4) is 0 Å². The molecule has 1 aliphatic heterocycles. The van der Waals surface area contributed by atoms with Crippen molar-refractivity contribution in [3.8, 4) is 0 Å². The molecule has 126 valence electrons. The maximum absolute atomic E-state index is 12.3. The third kappa shape index (κ3) is 4.01. The van der Waals surface area contributed by atoms with Crippen molar-refractivity contribution in [3.05, 3.63) is 52.7 Å². The highest BCUT2D eigenvalue weighted by Crippen LogP contribution is 2.28.